The van der Waals surface area contributed by atoms with E-state index in [1.165, 1.54) is 6.07 Å². The molecule has 0 saturated carbocycles. The predicted octanol–water partition coefficient (Wildman–Crippen LogP) is 2.96. The molecule has 1 aromatic carbocycles. The molecule has 1 heterocycles. The molecule has 0 aliphatic carbocycles. The molecule has 0 saturated heterocycles. The van der Waals surface area contributed by atoms with E-state index in [1.54, 1.807) is 19.1 Å². The van der Waals surface area contributed by atoms with Gasteiger partial charge in [-0.25, -0.2) is 13.2 Å². The molecule has 0 spiro atoms. The highest BCUT2D eigenvalue weighted by atomic mass is 19.3. The summed E-state index contributed by atoms with van der Waals surface area (Å²) >= 11 is 0. The van der Waals surface area contributed by atoms with Crippen molar-refractivity contribution in [2.45, 2.75) is 25.6 Å². The summed E-state index contributed by atoms with van der Waals surface area (Å²) in [6, 6.07) is 4.88. The Morgan fingerprint density at radius 2 is 2.13 bits per heavy atom. The van der Waals surface area contributed by atoms with E-state index >= 15 is 0 Å². The largest absolute Gasteiger partial charge is 0.373 e. The third-order valence-electron chi connectivity index (χ3n) is 2.63. The van der Waals surface area contributed by atoms with Crippen LogP contribution in [0.5, 0.6) is 0 Å². The van der Waals surface area contributed by atoms with Gasteiger partial charge in [0.05, 0.1) is 13.2 Å². The van der Waals surface area contributed by atoms with Crippen LogP contribution in [-0.4, -0.2) is 13.0 Å². The Morgan fingerprint density at radius 3 is 2.80 bits per heavy atom. The molecule has 1 aliphatic heterocycles. The quantitative estimate of drug-likeness (QED) is 0.701. The molecule has 0 fully saturated rings. The lowest BCUT2D eigenvalue weighted by molar-refractivity contribution is -0.107. The zero-order chi connectivity index (χ0) is 11.1. The summed E-state index contributed by atoms with van der Waals surface area (Å²) in [5.74, 6) is 0. The van der Waals surface area contributed by atoms with Crippen LogP contribution in [0.15, 0.2) is 18.2 Å². The summed E-state index contributed by atoms with van der Waals surface area (Å²) in [6.45, 7) is 1.39. The smallest absolute Gasteiger partial charge is 0.278 e. The van der Waals surface area contributed by atoms with Crippen LogP contribution in [0.25, 0.3) is 0 Å². The highest BCUT2D eigenvalue weighted by molar-refractivity contribution is 5.37. The Balaban J connectivity index is 2.54. The second-order valence-electron chi connectivity index (χ2n) is 3.82. The summed E-state index contributed by atoms with van der Waals surface area (Å²) in [7, 11) is 0. The van der Waals surface area contributed by atoms with Gasteiger partial charge < -0.3 is 4.74 Å². The number of aryl methyl sites for hydroxylation is 1. The molecule has 82 valence electrons. The molecule has 0 amide bonds. The summed E-state index contributed by atoms with van der Waals surface area (Å²) in [4.78, 5) is 0. The fourth-order valence-electron chi connectivity index (χ4n) is 1.77. The van der Waals surface area contributed by atoms with Crippen molar-refractivity contribution in [3.63, 3.8) is 0 Å². The van der Waals surface area contributed by atoms with Crippen molar-refractivity contribution in [1.29, 1.82) is 0 Å². The van der Waals surface area contributed by atoms with Crippen LogP contribution in [0.3, 0.4) is 0 Å². The topological polar surface area (TPSA) is 9.23 Å². The van der Waals surface area contributed by atoms with Crippen molar-refractivity contribution in [3.8, 4) is 0 Å². The molecule has 0 aromatic heterocycles. The van der Waals surface area contributed by atoms with E-state index in [1.807, 2.05) is 0 Å². The number of benzene rings is 1. The summed E-state index contributed by atoms with van der Waals surface area (Å²) in [6.07, 6.45) is -3.06. The molecule has 1 nitrogen and oxygen atoms in total. The van der Waals surface area contributed by atoms with E-state index in [0.29, 0.717) is 5.56 Å². The van der Waals surface area contributed by atoms with E-state index in [2.05, 4.69) is 0 Å². The van der Waals surface area contributed by atoms with Gasteiger partial charge in [0.25, 0.3) is 6.43 Å². The SMILES string of the molecule is Cc1ccc2c(c1)C(F)(C(F)F)COC2. The van der Waals surface area contributed by atoms with Gasteiger partial charge in [0.15, 0.2) is 0 Å². The molecule has 1 unspecified atom stereocenters. The van der Waals surface area contributed by atoms with Crippen molar-refractivity contribution in [1.82, 2.24) is 0 Å². The highest BCUT2D eigenvalue weighted by Crippen LogP contribution is 2.39. The minimum atomic E-state index is -3.06. The lowest BCUT2D eigenvalue weighted by atomic mass is 9.89. The van der Waals surface area contributed by atoms with Gasteiger partial charge in [0, 0.05) is 5.56 Å². The normalized spacial score (nSPS) is 25.4. The molecule has 0 bridgehead atoms. The fourth-order valence-corrected chi connectivity index (χ4v) is 1.77. The van der Waals surface area contributed by atoms with Crippen LogP contribution in [-0.2, 0) is 17.0 Å². The Morgan fingerprint density at radius 1 is 1.40 bits per heavy atom. The number of hydrogen-bond donors (Lipinski definition) is 0. The van der Waals surface area contributed by atoms with Crippen molar-refractivity contribution in [3.05, 3.63) is 34.9 Å². The number of halogens is 3. The molecule has 1 atom stereocenters. The first-order chi connectivity index (χ1) is 7.04. The average molecular weight is 216 g/mol. The van der Waals surface area contributed by atoms with Crippen LogP contribution < -0.4 is 0 Å². The van der Waals surface area contributed by atoms with Crippen LogP contribution in [0.4, 0.5) is 13.2 Å². The van der Waals surface area contributed by atoms with Crippen LogP contribution in [0.1, 0.15) is 16.7 Å². The van der Waals surface area contributed by atoms with Gasteiger partial charge in [-0.05, 0) is 12.5 Å². The van der Waals surface area contributed by atoms with E-state index in [-0.39, 0.29) is 12.2 Å². The standard InChI is InChI=1S/C11H11F3O/c1-7-2-3-8-5-15-6-11(14,10(12)13)9(8)4-7/h2-4,10H,5-6H2,1H3. The summed E-state index contributed by atoms with van der Waals surface area (Å²) in [5, 5.41) is 0. The van der Waals surface area contributed by atoms with Crippen molar-refractivity contribution in [2.75, 3.05) is 6.61 Å². The Bertz CT molecular complexity index is 378. The van der Waals surface area contributed by atoms with E-state index in [0.717, 1.165) is 5.56 Å². The molecule has 0 N–H and O–H groups in total. The average Bonchev–Trinajstić information content (AvgIpc) is 2.19. The second kappa shape index (κ2) is 3.52. The van der Waals surface area contributed by atoms with Gasteiger partial charge in [-0.1, -0.05) is 23.8 Å². The van der Waals surface area contributed by atoms with Gasteiger partial charge in [-0.3, -0.25) is 0 Å². The number of rotatable bonds is 1. The van der Waals surface area contributed by atoms with Crippen molar-refractivity contribution in [2.24, 2.45) is 0 Å². The molecular weight excluding hydrogens is 205 g/mol. The molecule has 2 rings (SSSR count). The van der Waals surface area contributed by atoms with Crippen molar-refractivity contribution >= 4 is 0 Å². The Kier molecular flexibility index (Phi) is 2.46. The van der Waals surface area contributed by atoms with Crippen LogP contribution in [0, 0.1) is 6.92 Å². The van der Waals surface area contributed by atoms with E-state index < -0.39 is 18.7 Å². The van der Waals surface area contributed by atoms with Crippen LogP contribution >= 0.6 is 0 Å². The monoisotopic (exact) mass is 216 g/mol. The third-order valence-corrected chi connectivity index (χ3v) is 2.63. The number of alkyl halides is 3. The van der Waals surface area contributed by atoms with Gasteiger partial charge >= 0.3 is 0 Å². The number of hydrogen-bond acceptors (Lipinski definition) is 1. The predicted molar refractivity (Wildman–Crippen MR) is 49.6 cm³/mol. The maximum Gasteiger partial charge on any atom is 0.278 e. The zero-order valence-electron chi connectivity index (χ0n) is 8.27. The van der Waals surface area contributed by atoms with E-state index in [4.69, 9.17) is 4.74 Å². The third kappa shape index (κ3) is 1.63. The summed E-state index contributed by atoms with van der Waals surface area (Å²) in [5.41, 5.74) is -1.30. The van der Waals surface area contributed by atoms with Gasteiger partial charge in [-0.2, -0.15) is 0 Å². The summed E-state index contributed by atoms with van der Waals surface area (Å²) < 4.78 is 44.2. The molecule has 4 heteroatoms. The molecule has 0 radical (unpaired) electrons. The van der Waals surface area contributed by atoms with Gasteiger partial charge in [-0.15, -0.1) is 0 Å². The number of fused-ring (bicyclic) bond motifs is 1. The number of ether oxygens (including phenoxy) is 1. The maximum absolute atomic E-state index is 14.0. The van der Waals surface area contributed by atoms with Crippen LogP contribution in [0.2, 0.25) is 0 Å². The lowest BCUT2D eigenvalue weighted by Crippen LogP contribution is -2.38. The lowest BCUT2D eigenvalue weighted by Gasteiger charge is -2.31. The zero-order valence-corrected chi connectivity index (χ0v) is 8.27. The van der Waals surface area contributed by atoms with Gasteiger partial charge in [0.2, 0.25) is 5.67 Å². The van der Waals surface area contributed by atoms with Gasteiger partial charge in [0.1, 0.15) is 0 Å². The first kappa shape index (κ1) is 10.5. The minimum Gasteiger partial charge on any atom is -0.373 e. The molecule has 1 aromatic rings. The molecule has 1 aliphatic rings. The van der Waals surface area contributed by atoms with E-state index in [9.17, 15) is 13.2 Å². The Hall–Kier alpha value is -1.03. The minimum absolute atomic E-state index is 0.0729. The Labute approximate surface area is 85.9 Å². The highest BCUT2D eigenvalue weighted by Gasteiger charge is 2.46. The molecule has 15 heavy (non-hydrogen) atoms. The molecular formula is C11H11F3O. The maximum atomic E-state index is 14.0. The second-order valence-corrected chi connectivity index (χ2v) is 3.82. The van der Waals surface area contributed by atoms with Crippen molar-refractivity contribution < 1.29 is 17.9 Å². The first-order valence-electron chi connectivity index (χ1n) is 4.69. The fraction of sp³-hybridized carbons (Fsp3) is 0.455. The first-order valence-corrected chi connectivity index (χ1v) is 4.69.